The Balaban J connectivity index is 1.82. The normalized spacial score (nSPS) is 17.6. The Morgan fingerprint density at radius 2 is 1.91 bits per heavy atom. The highest BCUT2D eigenvalue weighted by molar-refractivity contribution is 6.46. The second-order valence-electron chi connectivity index (χ2n) is 7.53. The molecule has 0 aliphatic carbocycles. The quantitative estimate of drug-likeness (QED) is 0.372. The van der Waals surface area contributed by atoms with Crippen LogP contribution in [0.4, 0.5) is 4.39 Å². The number of ketones is 1. The molecule has 32 heavy (non-hydrogen) atoms. The van der Waals surface area contributed by atoms with E-state index in [0.717, 1.165) is 5.56 Å². The summed E-state index contributed by atoms with van der Waals surface area (Å²) in [5.41, 5.74) is 1.90. The Morgan fingerprint density at radius 1 is 1.16 bits per heavy atom. The van der Waals surface area contributed by atoms with Gasteiger partial charge in [0.2, 0.25) is 0 Å². The number of methoxy groups -OCH3 is 1. The van der Waals surface area contributed by atoms with Crippen LogP contribution in [0.5, 0.6) is 5.75 Å². The number of aliphatic hydroxyl groups is 1. The Morgan fingerprint density at radius 3 is 2.53 bits per heavy atom. The molecule has 1 saturated heterocycles. The van der Waals surface area contributed by atoms with Crippen LogP contribution in [0.3, 0.4) is 0 Å². The third-order valence-corrected chi connectivity index (χ3v) is 5.48. The first-order valence-electron chi connectivity index (χ1n) is 9.98. The summed E-state index contributed by atoms with van der Waals surface area (Å²) in [6, 6.07) is 13.8. The fourth-order valence-electron chi connectivity index (χ4n) is 3.80. The summed E-state index contributed by atoms with van der Waals surface area (Å²) in [4.78, 5) is 31.6. The van der Waals surface area contributed by atoms with Crippen molar-refractivity contribution in [3.63, 3.8) is 0 Å². The van der Waals surface area contributed by atoms with Crippen molar-refractivity contribution >= 4 is 17.4 Å². The number of likely N-dealkylation sites (tertiary alicyclic amines) is 1. The van der Waals surface area contributed by atoms with E-state index in [4.69, 9.17) is 4.74 Å². The van der Waals surface area contributed by atoms with Crippen molar-refractivity contribution in [3.8, 4) is 5.75 Å². The summed E-state index contributed by atoms with van der Waals surface area (Å²) < 4.78 is 18.9. The van der Waals surface area contributed by atoms with Crippen LogP contribution in [0.2, 0.25) is 0 Å². The van der Waals surface area contributed by atoms with Crippen molar-refractivity contribution in [2.75, 3.05) is 7.11 Å². The molecule has 0 bridgehead atoms. The maximum absolute atomic E-state index is 13.7. The van der Waals surface area contributed by atoms with Crippen LogP contribution < -0.4 is 4.74 Å². The maximum Gasteiger partial charge on any atom is 0.295 e. The van der Waals surface area contributed by atoms with Gasteiger partial charge < -0.3 is 14.7 Å². The number of aryl methyl sites for hydroxylation is 1. The van der Waals surface area contributed by atoms with E-state index < -0.39 is 23.5 Å². The molecule has 2 heterocycles. The van der Waals surface area contributed by atoms with Crippen LogP contribution in [0.25, 0.3) is 5.76 Å². The molecule has 3 aromatic rings. The smallest absolute Gasteiger partial charge is 0.295 e. The number of nitrogens with zero attached hydrogens (tertiary/aromatic N) is 2. The van der Waals surface area contributed by atoms with Crippen LogP contribution in [-0.2, 0) is 16.1 Å². The van der Waals surface area contributed by atoms with Gasteiger partial charge in [-0.15, -0.1) is 0 Å². The second kappa shape index (κ2) is 8.63. The number of Topliss-reactive ketones (excluding diaryl/α,β-unsaturated/α-hetero) is 1. The number of rotatable bonds is 5. The molecule has 7 heteroatoms. The highest BCUT2D eigenvalue weighted by atomic mass is 19.1. The lowest BCUT2D eigenvalue weighted by Crippen LogP contribution is -2.29. The van der Waals surface area contributed by atoms with Crippen molar-refractivity contribution in [1.29, 1.82) is 0 Å². The Hall–Kier alpha value is -4.00. The van der Waals surface area contributed by atoms with Crippen molar-refractivity contribution in [2.24, 2.45) is 0 Å². The summed E-state index contributed by atoms with van der Waals surface area (Å²) in [5.74, 6) is -1.63. The predicted octanol–water partition coefficient (Wildman–Crippen LogP) is 4.16. The van der Waals surface area contributed by atoms with E-state index in [0.29, 0.717) is 16.9 Å². The second-order valence-corrected chi connectivity index (χ2v) is 7.53. The van der Waals surface area contributed by atoms with E-state index in [1.165, 1.54) is 23.1 Å². The Labute approximate surface area is 184 Å². The van der Waals surface area contributed by atoms with Gasteiger partial charge in [-0.05, 0) is 60.0 Å². The van der Waals surface area contributed by atoms with Crippen LogP contribution in [-0.4, -0.2) is 33.8 Å². The largest absolute Gasteiger partial charge is 0.507 e. The van der Waals surface area contributed by atoms with E-state index in [9.17, 15) is 19.1 Å². The minimum Gasteiger partial charge on any atom is -0.507 e. The molecule has 1 aromatic heterocycles. The molecule has 162 valence electrons. The first kappa shape index (κ1) is 21.2. The summed E-state index contributed by atoms with van der Waals surface area (Å²) >= 11 is 0. The van der Waals surface area contributed by atoms with Gasteiger partial charge in [0.05, 0.1) is 18.7 Å². The average Bonchev–Trinajstić information content (AvgIpc) is 3.06. The summed E-state index contributed by atoms with van der Waals surface area (Å²) in [6.07, 6.45) is 3.14. The molecule has 1 unspecified atom stereocenters. The third-order valence-electron chi connectivity index (χ3n) is 5.48. The molecule has 0 radical (unpaired) electrons. The summed E-state index contributed by atoms with van der Waals surface area (Å²) in [6.45, 7) is 1.71. The van der Waals surface area contributed by atoms with Gasteiger partial charge in [0.25, 0.3) is 11.7 Å². The minimum atomic E-state index is -0.837. The standard InChI is InChI=1S/C25H21FN2O4/c1-15-12-17(7-10-20(15)26)23(29)21-22(18-4-3-11-27-13-18)28(25(31)24(21)30)14-16-5-8-19(32-2)9-6-16/h3-13,22,29H,14H2,1-2H3/b23-21-. The first-order valence-corrected chi connectivity index (χ1v) is 9.98. The molecule has 1 amide bonds. The van der Waals surface area contributed by atoms with E-state index in [2.05, 4.69) is 4.98 Å². The maximum atomic E-state index is 13.7. The Kier molecular flexibility index (Phi) is 5.73. The summed E-state index contributed by atoms with van der Waals surface area (Å²) in [5, 5.41) is 11.0. The third kappa shape index (κ3) is 3.85. The number of amides is 1. The lowest BCUT2D eigenvalue weighted by atomic mass is 9.95. The molecular weight excluding hydrogens is 411 g/mol. The number of benzene rings is 2. The van der Waals surface area contributed by atoms with Crippen LogP contribution in [0, 0.1) is 12.7 Å². The molecule has 1 aliphatic heterocycles. The minimum absolute atomic E-state index is 0.0532. The molecule has 4 rings (SSSR count). The fourth-order valence-corrected chi connectivity index (χ4v) is 3.80. The Bertz CT molecular complexity index is 1210. The summed E-state index contributed by atoms with van der Waals surface area (Å²) in [7, 11) is 1.56. The number of ether oxygens (including phenoxy) is 1. The predicted molar refractivity (Wildman–Crippen MR) is 116 cm³/mol. The van der Waals surface area contributed by atoms with Gasteiger partial charge in [-0.3, -0.25) is 14.6 Å². The fraction of sp³-hybridized carbons (Fsp3) is 0.160. The van der Waals surface area contributed by atoms with E-state index in [1.807, 2.05) is 12.1 Å². The lowest BCUT2D eigenvalue weighted by Gasteiger charge is -2.25. The zero-order valence-electron chi connectivity index (χ0n) is 17.6. The monoisotopic (exact) mass is 432 g/mol. The van der Waals surface area contributed by atoms with Gasteiger partial charge in [-0.25, -0.2) is 4.39 Å². The molecule has 2 aromatic carbocycles. The van der Waals surface area contributed by atoms with Gasteiger partial charge in [0.15, 0.2) is 0 Å². The number of pyridine rings is 1. The number of carbonyl (C=O) groups is 2. The van der Waals surface area contributed by atoms with E-state index in [-0.39, 0.29) is 23.4 Å². The van der Waals surface area contributed by atoms with Crippen molar-refractivity contribution < 1.29 is 23.8 Å². The lowest BCUT2D eigenvalue weighted by molar-refractivity contribution is -0.140. The molecule has 6 nitrogen and oxygen atoms in total. The first-order chi connectivity index (χ1) is 15.4. The van der Waals surface area contributed by atoms with Gasteiger partial charge in [0, 0.05) is 24.5 Å². The van der Waals surface area contributed by atoms with Crippen LogP contribution >= 0.6 is 0 Å². The number of aliphatic hydroxyl groups excluding tert-OH is 1. The van der Waals surface area contributed by atoms with Crippen LogP contribution in [0.15, 0.2) is 72.6 Å². The van der Waals surface area contributed by atoms with Crippen molar-refractivity contribution in [2.45, 2.75) is 19.5 Å². The molecule has 1 atom stereocenters. The highest BCUT2D eigenvalue weighted by Gasteiger charge is 2.46. The molecule has 1 N–H and O–H groups in total. The average molecular weight is 432 g/mol. The van der Waals surface area contributed by atoms with Crippen LogP contribution in [0.1, 0.15) is 28.3 Å². The highest BCUT2D eigenvalue weighted by Crippen LogP contribution is 2.40. The number of aromatic nitrogens is 1. The molecule has 0 saturated carbocycles. The number of hydrogen-bond donors (Lipinski definition) is 1. The zero-order valence-corrected chi connectivity index (χ0v) is 17.6. The SMILES string of the molecule is COc1ccc(CN2C(=O)C(=O)/C(=C(\O)c3ccc(F)c(C)c3)C2c2cccnc2)cc1. The van der Waals surface area contributed by atoms with Crippen molar-refractivity contribution in [3.05, 3.63) is 101 Å². The zero-order chi connectivity index (χ0) is 22.8. The van der Waals surface area contributed by atoms with Gasteiger partial charge in [-0.1, -0.05) is 18.2 Å². The van der Waals surface area contributed by atoms with Gasteiger partial charge in [-0.2, -0.15) is 0 Å². The van der Waals surface area contributed by atoms with E-state index >= 15 is 0 Å². The number of halogens is 1. The number of hydrogen-bond acceptors (Lipinski definition) is 5. The molecular formula is C25H21FN2O4. The van der Waals surface area contributed by atoms with Crippen molar-refractivity contribution in [1.82, 2.24) is 9.88 Å². The topological polar surface area (TPSA) is 79.7 Å². The van der Waals surface area contributed by atoms with E-state index in [1.54, 1.807) is 50.7 Å². The molecule has 1 fully saturated rings. The molecule has 0 spiro atoms. The van der Waals surface area contributed by atoms with Gasteiger partial charge >= 0.3 is 0 Å². The number of carbonyl (C=O) groups excluding carboxylic acids is 2. The molecule has 1 aliphatic rings. The van der Waals surface area contributed by atoms with Gasteiger partial charge in [0.1, 0.15) is 17.3 Å².